The van der Waals surface area contributed by atoms with E-state index >= 15 is 0 Å². The Morgan fingerprint density at radius 3 is 1.61 bits per heavy atom. The number of hydrogen-bond donors (Lipinski definition) is 0. The van der Waals surface area contributed by atoms with Gasteiger partial charge in [0.2, 0.25) is 0 Å². The van der Waals surface area contributed by atoms with E-state index in [4.69, 9.17) is 0 Å². The Bertz CT molecular complexity index is 2640. The van der Waals surface area contributed by atoms with Crippen LogP contribution < -0.4 is 4.90 Å². The summed E-state index contributed by atoms with van der Waals surface area (Å²) in [7, 11) is 0. The molecule has 8 aromatic carbocycles. The predicted octanol–water partition coefficient (Wildman–Crippen LogP) is 12.6. The van der Waals surface area contributed by atoms with E-state index in [-0.39, 0.29) is 0 Å². The maximum atomic E-state index is 2.41. The van der Waals surface area contributed by atoms with Gasteiger partial charge in [0.15, 0.2) is 0 Å². The standard InChI is InChI=1S/C49H34N2/c1-4-17-35(18-5-1)49(45-28-13-10-25-41(45)42-26-11-14-29-46(42)49)36-19-16-24-39(33-36)50(37-20-6-2-7-21-37)40-31-32-48-44(34-40)43-27-12-15-30-47(43)51(48)38-22-8-3-9-23-38/h1-34H. The fourth-order valence-corrected chi connectivity index (χ4v) is 8.57. The summed E-state index contributed by atoms with van der Waals surface area (Å²) in [5.74, 6) is 0. The Morgan fingerprint density at radius 2 is 0.882 bits per heavy atom. The molecule has 1 aromatic heterocycles. The molecule has 240 valence electrons. The van der Waals surface area contributed by atoms with E-state index in [0.29, 0.717) is 0 Å². The van der Waals surface area contributed by atoms with E-state index in [2.05, 4.69) is 216 Å². The van der Waals surface area contributed by atoms with E-state index in [1.165, 1.54) is 55.2 Å². The first-order chi connectivity index (χ1) is 25.3. The first-order valence-corrected chi connectivity index (χ1v) is 17.6. The van der Waals surface area contributed by atoms with E-state index in [0.717, 1.165) is 22.7 Å². The zero-order valence-corrected chi connectivity index (χ0v) is 28.0. The molecule has 0 atom stereocenters. The molecule has 0 saturated heterocycles. The van der Waals surface area contributed by atoms with Crippen molar-refractivity contribution >= 4 is 38.9 Å². The summed E-state index contributed by atoms with van der Waals surface area (Å²) in [4.78, 5) is 2.41. The second-order valence-corrected chi connectivity index (χ2v) is 13.3. The Hall–Kier alpha value is -6.64. The summed E-state index contributed by atoms with van der Waals surface area (Å²) in [5, 5.41) is 2.46. The Morgan fingerprint density at radius 1 is 0.353 bits per heavy atom. The predicted molar refractivity (Wildman–Crippen MR) is 213 cm³/mol. The number of aromatic nitrogens is 1. The monoisotopic (exact) mass is 650 g/mol. The molecule has 2 nitrogen and oxygen atoms in total. The van der Waals surface area contributed by atoms with Gasteiger partial charge in [-0.1, -0.05) is 146 Å². The summed E-state index contributed by atoms with van der Waals surface area (Å²) < 4.78 is 2.38. The maximum Gasteiger partial charge on any atom is 0.0714 e. The van der Waals surface area contributed by atoms with Gasteiger partial charge in [0.05, 0.1) is 16.4 Å². The van der Waals surface area contributed by atoms with Gasteiger partial charge < -0.3 is 9.47 Å². The van der Waals surface area contributed by atoms with Crippen molar-refractivity contribution in [1.82, 2.24) is 4.57 Å². The molecule has 0 N–H and O–H groups in total. The summed E-state index contributed by atoms with van der Waals surface area (Å²) in [6, 6.07) is 75.2. The molecule has 0 unspecified atom stereocenters. The van der Waals surface area contributed by atoms with Gasteiger partial charge >= 0.3 is 0 Å². The number of hydrogen-bond acceptors (Lipinski definition) is 1. The minimum atomic E-state index is -0.472. The van der Waals surface area contributed by atoms with Crippen molar-refractivity contribution < 1.29 is 0 Å². The molecule has 2 heteroatoms. The lowest BCUT2D eigenvalue weighted by molar-refractivity contribution is 0.768. The zero-order chi connectivity index (χ0) is 33.8. The fraction of sp³-hybridized carbons (Fsp3) is 0.0204. The minimum absolute atomic E-state index is 0.472. The number of nitrogens with zero attached hydrogens (tertiary/aromatic N) is 2. The number of rotatable bonds is 6. The van der Waals surface area contributed by atoms with Crippen LogP contribution in [0.15, 0.2) is 206 Å². The quantitative estimate of drug-likeness (QED) is 0.174. The van der Waals surface area contributed by atoms with Gasteiger partial charge in [-0.25, -0.2) is 0 Å². The molecule has 0 amide bonds. The van der Waals surface area contributed by atoms with Crippen LogP contribution in [0, 0.1) is 0 Å². The third-order valence-corrected chi connectivity index (χ3v) is 10.6. The molecule has 51 heavy (non-hydrogen) atoms. The van der Waals surface area contributed by atoms with Crippen LogP contribution in [0.3, 0.4) is 0 Å². The van der Waals surface area contributed by atoms with Crippen molar-refractivity contribution in [3.8, 4) is 16.8 Å². The largest absolute Gasteiger partial charge is 0.310 e. The average Bonchev–Trinajstić information content (AvgIpc) is 3.70. The average molecular weight is 651 g/mol. The molecule has 0 aliphatic heterocycles. The highest BCUT2D eigenvalue weighted by atomic mass is 15.1. The van der Waals surface area contributed by atoms with E-state index in [1.54, 1.807) is 0 Å². The van der Waals surface area contributed by atoms with Crippen LogP contribution in [0.1, 0.15) is 22.3 Å². The van der Waals surface area contributed by atoms with Crippen molar-refractivity contribution in [3.05, 3.63) is 229 Å². The van der Waals surface area contributed by atoms with E-state index in [9.17, 15) is 0 Å². The number of para-hydroxylation sites is 3. The van der Waals surface area contributed by atoms with Gasteiger partial charge in [-0.05, 0) is 94.0 Å². The highest BCUT2D eigenvalue weighted by molar-refractivity contribution is 6.10. The van der Waals surface area contributed by atoms with Crippen molar-refractivity contribution in [3.63, 3.8) is 0 Å². The first kappa shape index (κ1) is 29.3. The summed E-state index contributed by atoms with van der Waals surface area (Å²) >= 11 is 0. The Balaban J connectivity index is 1.22. The molecule has 1 heterocycles. The molecular weight excluding hydrogens is 617 g/mol. The van der Waals surface area contributed by atoms with E-state index in [1.807, 2.05) is 0 Å². The second kappa shape index (κ2) is 11.8. The van der Waals surface area contributed by atoms with Crippen molar-refractivity contribution in [1.29, 1.82) is 0 Å². The lowest BCUT2D eigenvalue weighted by Gasteiger charge is -2.35. The Labute approximate surface area is 298 Å². The molecular formula is C49H34N2. The maximum absolute atomic E-state index is 2.41. The molecule has 1 aliphatic carbocycles. The van der Waals surface area contributed by atoms with Crippen LogP contribution in [-0.4, -0.2) is 4.57 Å². The molecule has 0 spiro atoms. The third-order valence-electron chi connectivity index (χ3n) is 10.6. The number of anilines is 3. The molecule has 0 saturated carbocycles. The van der Waals surface area contributed by atoms with Crippen molar-refractivity contribution in [2.24, 2.45) is 0 Å². The van der Waals surface area contributed by atoms with Crippen LogP contribution in [0.4, 0.5) is 17.1 Å². The van der Waals surface area contributed by atoms with Gasteiger partial charge in [-0.2, -0.15) is 0 Å². The fourth-order valence-electron chi connectivity index (χ4n) is 8.57. The lowest BCUT2D eigenvalue weighted by atomic mass is 9.67. The zero-order valence-electron chi connectivity index (χ0n) is 28.0. The SMILES string of the molecule is c1ccc(N(c2cccc(C3(c4ccccc4)c4ccccc4-c4ccccc43)c2)c2ccc3c(c2)c2ccccc2n3-c2ccccc2)cc1. The normalized spacial score (nSPS) is 12.9. The molecule has 9 aromatic rings. The van der Waals surface area contributed by atoms with Crippen LogP contribution >= 0.6 is 0 Å². The van der Waals surface area contributed by atoms with Gasteiger partial charge in [0.1, 0.15) is 0 Å². The highest BCUT2D eigenvalue weighted by Crippen LogP contribution is 2.56. The highest BCUT2D eigenvalue weighted by Gasteiger charge is 2.46. The molecule has 0 radical (unpaired) electrons. The summed E-state index contributed by atoms with van der Waals surface area (Å²) in [5.41, 5.74) is 14.1. The topological polar surface area (TPSA) is 8.17 Å². The molecule has 10 rings (SSSR count). The van der Waals surface area contributed by atoms with Crippen LogP contribution in [0.5, 0.6) is 0 Å². The van der Waals surface area contributed by atoms with Crippen molar-refractivity contribution in [2.45, 2.75) is 5.41 Å². The number of fused-ring (bicyclic) bond motifs is 6. The first-order valence-electron chi connectivity index (χ1n) is 17.6. The molecule has 1 aliphatic rings. The van der Waals surface area contributed by atoms with Gasteiger partial charge in [-0.3, -0.25) is 0 Å². The Kier molecular flexibility index (Phi) is 6.75. The third kappa shape index (κ3) is 4.43. The smallest absolute Gasteiger partial charge is 0.0714 e. The van der Waals surface area contributed by atoms with Crippen LogP contribution in [-0.2, 0) is 5.41 Å². The van der Waals surface area contributed by atoms with Gasteiger partial charge in [0.25, 0.3) is 0 Å². The van der Waals surface area contributed by atoms with Gasteiger partial charge in [0, 0.05) is 33.5 Å². The van der Waals surface area contributed by atoms with Crippen LogP contribution in [0.2, 0.25) is 0 Å². The van der Waals surface area contributed by atoms with Crippen LogP contribution in [0.25, 0.3) is 38.6 Å². The lowest BCUT2D eigenvalue weighted by Crippen LogP contribution is -2.28. The summed E-state index contributed by atoms with van der Waals surface area (Å²) in [6.45, 7) is 0. The minimum Gasteiger partial charge on any atom is -0.310 e. The second-order valence-electron chi connectivity index (χ2n) is 13.3. The molecule has 0 fully saturated rings. The molecule has 0 bridgehead atoms. The van der Waals surface area contributed by atoms with E-state index < -0.39 is 5.41 Å². The van der Waals surface area contributed by atoms with Gasteiger partial charge in [-0.15, -0.1) is 0 Å². The van der Waals surface area contributed by atoms with Crippen molar-refractivity contribution in [2.75, 3.05) is 4.90 Å². The number of benzene rings is 8. The summed E-state index contributed by atoms with van der Waals surface area (Å²) in [6.07, 6.45) is 0.